The van der Waals surface area contributed by atoms with Crippen LogP contribution in [0.5, 0.6) is 5.75 Å². The molecule has 1 aliphatic heterocycles. The zero-order valence-corrected chi connectivity index (χ0v) is 16.7. The molecular weight excluding hydrogens is 421 g/mol. The molecule has 2 aromatic rings. The number of alkyl halides is 3. The van der Waals surface area contributed by atoms with Gasteiger partial charge in [0.25, 0.3) is 0 Å². The van der Waals surface area contributed by atoms with Crippen molar-refractivity contribution in [1.29, 1.82) is 0 Å². The second kappa shape index (κ2) is 9.24. The molecular formula is C19H19F3N4O3S. The number of aromatic nitrogens is 1. The number of nitrogens with zero attached hydrogens (tertiary/aromatic N) is 2. The molecule has 30 heavy (non-hydrogen) atoms. The molecule has 1 atom stereocenters. The number of carbonyl (C=O) groups is 2. The fourth-order valence-electron chi connectivity index (χ4n) is 2.87. The van der Waals surface area contributed by atoms with Crippen LogP contribution in [0, 0.1) is 0 Å². The average molecular weight is 440 g/mol. The molecule has 3 rings (SSSR count). The normalized spacial score (nSPS) is 14.5. The van der Waals surface area contributed by atoms with Crippen molar-refractivity contribution in [3.05, 3.63) is 48.2 Å². The first-order valence-electron chi connectivity index (χ1n) is 9.03. The first-order chi connectivity index (χ1) is 14.3. The second-order valence-electron chi connectivity index (χ2n) is 6.29. The van der Waals surface area contributed by atoms with E-state index in [2.05, 4.69) is 20.4 Å². The summed E-state index contributed by atoms with van der Waals surface area (Å²) in [5.74, 6) is 0.920. The highest BCUT2D eigenvalue weighted by atomic mass is 32.2. The number of thioether (sulfide) groups is 1. The molecule has 1 aromatic heterocycles. The predicted molar refractivity (Wildman–Crippen MR) is 108 cm³/mol. The largest absolute Gasteiger partial charge is 0.573 e. The molecule has 0 spiro atoms. The Hall–Kier alpha value is -2.95. The molecule has 160 valence electrons. The van der Waals surface area contributed by atoms with Gasteiger partial charge in [0, 0.05) is 11.9 Å². The molecule has 3 amide bonds. The lowest BCUT2D eigenvalue weighted by molar-refractivity contribution is -0.274. The Bertz CT molecular complexity index is 909. The maximum atomic E-state index is 12.9. The zero-order valence-electron chi connectivity index (χ0n) is 15.9. The number of rotatable bonds is 6. The summed E-state index contributed by atoms with van der Waals surface area (Å²) in [7, 11) is 0. The van der Waals surface area contributed by atoms with Gasteiger partial charge in [0.05, 0.1) is 11.7 Å². The number of fused-ring (bicyclic) bond motifs is 1. The Balaban J connectivity index is 1.78. The number of pyridine rings is 1. The van der Waals surface area contributed by atoms with E-state index in [4.69, 9.17) is 0 Å². The highest BCUT2D eigenvalue weighted by Crippen LogP contribution is 2.28. The number of carbonyl (C=O) groups excluding carboxylic acids is 2. The molecule has 0 saturated heterocycles. The zero-order chi connectivity index (χ0) is 21.7. The molecule has 0 radical (unpaired) electrons. The molecule has 1 unspecified atom stereocenters. The van der Waals surface area contributed by atoms with E-state index in [-0.39, 0.29) is 18.2 Å². The van der Waals surface area contributed by atoms with Gasteiger partial charge in [-0.15, -0.1) is 13.2 Å². The molecule has 2 heterocycles. The van der Waals surface area contributed by atoms with Gasteiger partial charge in [-0.05, 0) is 35.6 Å². The van der Waals surface area contributed by atoms with Crippen molar-refractivity contribution in [3.63, 3.8) is 0 Å². The van der Waals surface area contributed by atoms with Crippen LogP contribution in [-0.2, 0) is 4.79 Å². The van der Waals surface area contributed by atoms with E-state index in [1.165, 1.54) is 35.4 Å². The van der Waals surface area contributed by atoms with Crippen LogP contribution in [0.2, 0.25) is 0 Å². The number of nitrogens with one attached hydrogen (secondary N) is 2. The van der Waals surface area contributed by atoms with E-state index in [0.29, 0.717) is 22.8 Å². The topological polar surface area (TPSA) is 83.6 Å². The summed E-state index contributed by atoms with van der Waals surface area (Å²) in [6, 6.07) is 7.61. The van der Waals surface area contributed by atoms with E-state index in [9.17, 15) is 22.8 Å². The summed E-state index contributed by atoms with van der Waals surface area (Å²) in [6.07, 6.45) is -3.26. The van der Waals surface area contributed by atoms with Crippen LogP contribution in [0.25, 0.3) is 0 Å². The van der Waals surface area contributed by atoms with Crippen molar-refractivity contribution in [2.75, 3.05) is 28.3 Å². The van der Waals surface area contributed by atoms with Crippen LogP contribution >= 0.6 is 11.8 Å². The van der Waals surface area contributed by atoms with Crippen molar-refractivity contribution >= 4 is 35.2 Å². The van der Waals surface area contributed by atoms with E-state index in [1.807, 2.05) is 6.92 Å². The smallest absolute Gasteiger partial charge is 0.406 e. The number of ether oxygens (including phenoxy) is 1. The monoisotopic (exact) mass is 440 g/mol. The number of hydrogen-bond donors (Lipinski definition) is 2. The number of urea groups is 1. The van der Waals surface area contributed by atoms with Crippen molar-refractivity contribution in [1.82, 2.24) is 10.3 Å². The number of benzene rings is 1. The lowest BCUT2D eigenvalue weighted by atomic mass is 10.1. The van der Waals surface area contributed by atoms with Crippen LogP contribution < -0.4 is 20.3 Å². The minimum Gasteiger partial charge on any atom is -0.406 e. The van der Waals surface area contributed by atoms with Gasteiger partial charge in [-0.2, -0.15) is 11.8 Å². The van der Waals surface area contributed by atoms with E-state index in [0.717, 1.165) is 5.75 Å². The van der Waals surface area contributed by atoms with Gasteiger partial charge in [-0.1, -0.05) is 19.1 Å². The number of anilines is 2. The van der Waals surface area contributed by atoms with E-state index in [1.54, 1.807) is 23.9 Å². The first-order valence-corrected chi connectivity index (χ1v) is 10.2. The number of halogens is 3. The van der Waals surface area contributed by atoms with Crippen molar-refractivity contribution < 1.29 is 27.5 Å². The quantitative estimate of drug-likeness (QED) is 0.711. The summed E-state index contributed by atoms with van der Waals surface area (Å²) in [6.45, 7) is 1.76. The van der Waals surface area contributed by atoms with Gasteiger partial charge < -0.3 is 15.4 Å². The Kier molecular flexibility index (Phi) is 6.70. The Morgan fingerprint density at radius 1 is 1.33 bits per heavy atom. The summed E-state index contributed by atoms with van der Waals surface area (Å²) in [4.78, 5) is 30.3. The van der Waals surface area contributed by atoms with E-state index < -0.39 is 18.4 Å². The van der Waals surface area contributed by atoms with Gasteiger partial charge in [0.15, 0.2) is 5.82 Å². The molecule has 7 nitrogen and oxygen atoms in total. The highest BCUT2D eigenvalue weighted by Gasteiger charge is 2.32. The summed E-state index contributed by atoms with van der Waals surface area (Å²) < 4.78 is 41.0. The summed E-state index contributed by atoms with van der Waals surface area (Å²) in [5, 5.41) is 5.51. The molecule has 0 saturated carbocycles. The second-order valence-corrected chi connectivity index (χ2v) is 7.61. The van der Waals surface area contributed by atoms with Crippen molar-refractivity contribution in [2.45, 2.75) is 19.3 Å². The summed E-state index contributed by atoms with van der Waals surface area (Å²) in [5.41, 5.74) is 1.04. The van der Waals surface area contributed by atoms with Crippen molar-refractivity contribution in [3.8, 4) is 5.75 Å². The van der Waals surface area contributed by atoms with Gasteiger partial charge in [0.2, 0.25) is 5.91 Å². The fourth-order valence-corrected chi connectivity index (χ4v) is 3.62. The van der Waals surface area contributed by atoms with Crippen molar-refractivity contribution in [2.24, 2.45) is 0 Å². The molecule has 1 aliphatic rings. The number of amides is 3. The third-order valence-electron chi connectivity index (χ3n) is 4.17. The summed E-state index contributed by atoms with van der Waals surface area (Å²) >= 11 is 1.56. The van der Waals surface area contributed by atoms with Gasteiger partial charge in [0.1, 0.15) is 12.3 Å². The SMILES string of the molecule is CCSCC(NC(=O)N1CC(=O)Nc2cccnc21)c1ccc(OC(F)(F)F)cc1. The number of hydrogen-bond acceptors (Lipinski definition) is 5. The lowest BCUT2D eigenvalue weighted by Crippen LogP contribution is -2.48. The molecule has 0 aliphatic carbocycles. The minimum atomic E-state index is -4.78. The molecule has 1 aromatic carbocycles. The molecule has 11 heteroatoms. The average Bonchev–Trinajstić information content (AvgIpc) is 2.69. The van der Waals surface area contributed by atoms with Crippen LogP contribution in [0.15, 0.2) is 42.6 Å². The van der Waals surface area contributed by atoms with E-state index >= 15 is 0 Å². The third-order valence-corrected chi connectivity index (χ3v) is 5.14. The minimum absolute atomic E-state index is 0.193. The highest BCUT2D eigenvalue weighted by molar-refractivity contribution is 7.99. The van der Waals surface area contributed by atoms with Gasteiger partial charge in [-0.3, -0.25) is 9.69 Å². The fraction of sp³-hybridized carbons (Fsp3) is 0.316. The maximum Gasteiger partial charge on any atom is 0.573 e. The first kappa shape index (κ1) is 21.8. The van der Waals surface area contributed by atoms with Crippen LogP contribution in [-0.4, -0.2) is 41.3 Å². The Morgan fingerprint density at radius 2 is 2.07 bits per heavy atom. The predicted octanol–water partition coefficient (Wildman–Crippen LogP) is 3.94. The van der Waals surface area contributed by atoms with Crippen LogP contribution in [0.1, 0.15) is 18.5 Å². The standard InChI is InChI=1S/C19H19F3N4O3S/c1-2-30-11-15(12-5-7-13(8-6-12)29-19(20,21)22)25-18(28)26-10-16(27)24-14-4-3-9-23-17(14)26/h3-9,15H,2,10-11H2,1H3,(H,24,27)(H,25,28). The van der Waals surface area contributed by atoms with Crippen LogP contribution in [0.3, 0.4) is 0 Å². The Labute approximate surface area is 175 Å². The van der Waals surface area contributed by atoms with Gasteiger partial charge >= 0.3 is 12.4 Å². The third kappa shape index (κ3) is 5.56. The molecule has 0 bridgehead atoms. The maximum absolute atomic E-state index is 12.9. The lowest BCUT2D eigenvalue weighted by Gasteiger charge is -2.30. The molecule has 0 fully saturated rings. The molecule has 2 N–H and O–H groups in total. The Morgan fingerprint density at radius 3 is 2.73 bits per heavy atom. The van der Waals surface area contributed by atoms with Gasteiger partial charge in [-0.25, -0.2) is 9.78 Å². The van der Waals surface area contributed by atoms with Crippen LogP contribution in [0.4, 0.5) is 29.5 Å².